The van der Waals surface area contributed by atoms with E-state index in [4.69, 9.17) is 4.42 Å². The van der Waals surface area contributed by atoms with Crippen molar-refractivity contribution in [3.63, 3.8) is 0 Å². The fraction of sp³-hybridized carbons (Fsp3) is 0.462. The summed E-state index contributed by atoms with van der Waals surface area (Å²) in [5, 5.41) is 6.21. The largest absolute Gasteiger partial charge is 0.469 e. The van der Waals surface area contributed by atoms with E-state index in [1.54, 1.807) is 18.7 Å². The Kier molecular flexibility index (Phi) is 9.08. The predicted molar refractivity (Wildman–Crippen MR) is 67.3 cm³/mol. The number of aromatic nitrogens is 2. The first-order valence-corrected chi connectivity index (χ1v) is 5.81. The molecule has 16 heavy (non-hydrogen) atoms. The zero-order chi connectivity index (χ0) is 12.2. The van der Waals surface area contributed by atoms with E-state index in [1.807, 2.05) is 32.0 Å². The van der Waals surface area contributed by atoms with Crippen molar-refractivity contribution in [3.8, 4) is 0 Å². The molecule has 0 aliphatic heterocycles. The Morgan fingerprint density at radius 3 is 2.44 bits per heavy atom. The van der Waals surface area contributed by atoms with Gasteiger partial charge >= 0.3 is 0 Å². The minimum absolute atomic E-state index is 0.569. The number of aromatic amines is 1. The molecule has 0 aromatic carbocycles. The van der Waals surface area contributed by atoms with Crippen molar-refractivity contribution in [1.29, 1.82) is 0 Å². The Balaban J connectivity index is 0.000000272. The SMILES string of the molecule is CC.CCC(C)c1ccco1.c1cn[nH]c1. The van der Waals surface area contributed by atoms with Gasteiger partial charge in [0.25, 0.3) is 0 Å². The van der Waals surface area contributed by atoms with Crippen molar-refractivity contribution in [2.45, 2.75) is 40.0 Å². The van der Waals surface area contributed by atoms with E-state index in [0.717, 1.165) is 12.2 Å². The first kappa shape index (κ1) is 14.5. The lowest BCUT2D eigenvalue weighted by Gasteiger charge is -2.01. The third kappa shape index (κ3) is 6.06. The van der Waals surface area contributed by atoms with E-state index in [9.17, 15) is 0 Å². The van der Waals surface area contributed by atoms with Crippen molar-refractivity contribution >= 4 is 0 Å². The van der Waals surface area contributed by atoms with Crippen LogP contribution in [0.3, 0.4) is 0 Å². The molecular weight excluding hydrogens is 200 g/mol. The Morgan fingerprint density at radius 2 is 2.12 bits per heavy atom. The quantitative estimate of drug-likeness (QED) is 0.826. The van der Waals surface area contributed by atoms with Gasteiger partial charge in [-0.2, -0.15) is 5.10 Å². The van der Waals surface area contributed by atoms with Crippen molar-refractivity contribution in [1.82, 2.24) is 10.2 Å². The summed E-state index contributed by atoms with van der Waals surface area (Å²) in [5.74, 6) is 1.66. The van der Waals surface area contributed by atoms with Gasteiger partial charge in [0.1, 0.15) is 5.76 Å². The molecule has 0 radical (unpaired) electrons. The standard InChI is InChI=1S/C8H12O.C3H4N2.C2H6/c1-3-7(2)8-5-4-6-9-8;1-2-4-5-3-1;1-2/h4-7H,3H2,1-2H3;1-3H,(H,4,5);1-2H3. The second kappa shape index (κ2) is 10.0. The highest BCUT2D eigenvalue weighted by Gasteiger charge is 2.02. The van der Waals surface area contributed by atoms with Crippen molar-refractivity contribution < 1.29 is 4.42 Å². The monoisotopic (exact) mass is 222 g/mol. The molecule has 2 heterocycles. The predicted octanol–water partition coefficient (Wildman–Crippen LogP) is 4.23. The molecule has 1 atom stereocenters. The normalized spacial score (nSPS) is 10.5. The van der Waals surface area contributed by atoms with Crippen LogP contribution in [-0.2, 0) is 0 Å². The van der Waals surface area contributed by atoms with Gasteiger partial charge in [0, 0.05) is 18.3 Å². The number of hydrogen-bond acceptors (Lipinski definition) is 2. The number of rotatable bonds is 2. The van der Waals surface area contributed by atoms with Crippen LogP contribution in [0.25, 0.3) is 0 Å². The summed E-state index contributed by atoms with van der Waals surface area (Å²) in [6.45, 7) is 8.33. The van der Waals surface area contributed by atoms with Gasteiger partial charge in [-0.15, -0.1) is 0 Å². The van der Waals surface area contributed by atoms with E-state index in [2.05, 4.69) is 24.0 Å². The van der Waals surface area contributed by atoms with Gasteiger partial charge in [0.05, 0.1) is 6.26 Å². The molecule has 1 N–H and O–H groups in total. The van der Waals surface area contributed by atoms with Crippen molar-refractivity contribution in [3.05, 3.63) is 42.6 Å². The van der Waals surface area contributed by atoms with Crippen LogP contribution in [-0.4, -0.2) is 10.2 Å². The summed E-state index contributed by atoms with van der Waals surface area (Å²) in [5.41, 5.74) is 0. The Morgan fingerprint density at radius 1 is 1.38 bits per heavy atom. The minimum Gasteiger partial charge on any atom is -0.469 e. The summed E-state index contributed by atoms with van der Waals surface area (Å²) < 4.78 is 5.19. The average molecular weight is 222 g/mol. The summed E-state index contributed by atoms with van der Waals surface area (Å²) >= 11 is 0. The van der Waals surface area contributed by atoms with Crippen LogP contribution in [0.2, 0.25) is 0 Å². The molecule has 2 aromatic heterocycles. The molecule has 3 heteroatoms. The average Bonchev–Trinajstić information content (AvgIpc) is 3.05. The highest BCUT2D eigenvalue weighted by molar-refractivity contribution is 5.03. The van der Waals surface area contributed by atoms with Crippen LogP contribution < -0.4 is 0 Å². The van der Waals surface area contributed by atoms with Crippen LogP contribution in [0.1, 0.15) is 45.8 Å². The van der Waals surface area contributed by atoms with E-state index in [-0.39, 0.29) is 0 Å². The van der Waals surface area contributed by atoms with Gasteiger partial charge in [-0.05, 0) is 24.6 Å². The number of nitrogens with zero attached hydrogens (tertiary/aromatic N) is 1. The minimum atomic E-state index is 0.569. The number of furan rings is 1. The van der Waals surface area contributed by atoms with Crippen LogP contribution in [0.15, 0.2) is 41.3 Å². The molecule has 1 unspecified atom stereocenters. The highest BCUT2D eigenvalue weighted by atomic mass is 16.3. The topological polar surface area (TPSA) is 41.8 Å². The zero-order valence-electron chi connectivity index (χ0n) is 10.6. The summed E-state index contributed by atoms with van der Waals surface area (Å²) in [4.78, 5) is 0. The lowest BCUT2D eigenvalue weighted by molar-refractivity contribution is 0.469. The number of H-pyrrole nitrogens is 1. The summed E-state index contributed by atoms with van der Waals surface area (Å²) in [6.07, 6.45) is 6.33. The molecule has 0 saturated heterocycles. The van der Waals surface area contributed by atoms with Crippen LogP contribution in [0.4, 0.5) is 0 Å². The molecule has 2 rings (SSSR count). The molecule has 0 spiro atoms. The smallest absolute Gasteiger partial charge is 0.106 e. The molecule has 0 saturated carbocycles. The molecule has 3 nitrogen and oxygen atoms in total. The van der Waals surface area contributed by atoms with Gasteiger partial charge in [-0.3, -0.25) is 5.10 Å². The Hall–Kier alpha value is -1.51. The van der Waals surface area contributed by atoms with E-state index in [1.165, 1.54) is 0 Å². The first-order valence-electron chi connectivity index (χ1n) is 5.81. The second-order valence-electron chi connectivity index (χ2n) is 3.09. The highest BCUT2D eigenvalue weighted by Crippen LogP contribution is 2.17. The number of hydrogen-bond donors (Lipinski definition) is 1. The molecule has 2 aromatic rings. The maximum atomic E-state index is 5.19. The van der Waals surface area contributed by atoms with E-state index in [0.29, 0.717) is 5.92 Å². The molecule has 90 valence electrons. The number of nitrogens with one attached hydrogen (secondary N) is 1. The van der Waals surface area contributed by atoms with Gasteiger partial charge in [-0.1, -0.05) is 27.7 Å². The van der Waals surface area contributed by atoms with Crippen LogP contribution in [0.5, 0.6) is 0 Å². The molecule has 0 aliphatic rings. The fourth-order valence-electron chi connectivity index (χ4n) is 0.988. The van der Waals surface area contributed by atoms with E-state index < -0.39 is 0 Å². The molecule has 0 aliphatic carbocycles. The Labute approximate surface area is 97.9 Å². The Bertz CT molecular complexity index is 283. The zero-order valence-corrected chi connectivity index (χ0v) is 10.6. The molecule has 0 fully saturated rings. The first-order chi connectivity index (χ1) is 7.84. The molecule has 0 amide bonds. The molecule has 0 bridgehead atoms. The second-order valence-corrected chi connectivity index (χ2v) is 3.09. The molecular formula is C13H22N2O. The maximum Gasteiger partial charge on any atom is 0.106 e. The third-order valence-electron chi connectivity index (χ3n) is 2.05. The summed E-state index contributed by atoms with van der Waals surface area (Å²) in [6, 6.07) is 5.79. The van der Waals surface area contributed by atoms with Gasteiger partial charge in [-0.25, -0.2) is 0 Å². The maximum absolute atomic E-state index is 5.19. The summed E-state index contributed by atoms with van der Waals surface area (Å²) in [7, 11) is 0. The van der Waals surface area contributed by atoms with Gasteiger partial charge < -0.3 is 4.42 Å². The van der Waals surface area contributed by atoms with Crippen molar-refractivity contribution in [2.75, 3.05) is 0 Å². The van der Waals surface area contributed by atoms with Crippen LogP contribution in [0, 0.1) is 0 Å². The van der Waals surface area contributed by atoms with Crippen molar-refractivity contribution in [2.24, 2.45) is 0 Å². The lowest BCUT2D eigenvalue weighted by Crippen LogP contribution is -1.85. The van der Waals surface area contributed by atoms with Gasteiger partial charge in [0.2, 0.25) is 0 Å². The van der Waals surface area contributed by atoms with Crippen LogP contribution >= 0.6 is 0 Å². The van der Waals surface area contributed by atoms with Gasteiger partial charge in [0.15, 0.2) is 0 Å². The fourth-order valence-corrected chi connectivity index (χ4v) is 0.988. The third-order valence-corrected chi connectivity index (χ3v) is 2.05. The van der Waals surface area contributed by atoms with E-state index >= 15 is 0 Å². The lowest BCUT2D eigenvalue weighted by atomic mass is 10.1.